The van der Waals surface area contributed by atoms with Crippen LogP contribution in [-0.2, 0) is 11.3 Å². The highest BCUT2D eigenvalue weighted by molar-refractivity contribution is 7.18. The number of rotatable bonds is 6. The fourth-order valence-corrected chi connectivity index (χ4v) is 4.38. The summed E-state index contributed by atoms with van der Waals surface area (Å²) in [6, 6.07) is 17.1. The Bertz CT molecular complexity index is 972. The summed E-state index contributed by atoms with van der Waals surface area (Å²) in [6.07, 6.45) is 1.96. The van der Waals surface area contributed by atoms with E-state index >= 15 is 0 Å². The van der Waals surface area contributed by atoms with E-state index < -0.39 is 5.97 Å². The topological polar surface area (TPSA) is 53.4 Å². The average molecular weight is 393 g/mol. The summed E-state index contributed by atoms with van der Waals surface area (Å²) in [6.45, 7) is 6.50. The van der Waals surface area contributed by atoms with Gasteiger partial charge in [-0.2, -0.15) is 0 Å². The lowest BCUT2D eigenvalue weighted by Crippen LogP contribution is -2.49. The van der Waals surface area contributed by atoms with Crippen LogP contribution in [0.4, 0.5) is 0 Å². The van der Waals surface area contributed by atoms with Crippen LogP contribution in [0.1, 0.15) is 30.9 Å². The maximum Gasteiger partial charge on any atom is 0.309 e. The van der Waals surface area contributed by atoms with Crippen LogP contribution in [0, 0.1) is 5.92 Å². The van der Waals surface area contributed by atoms with Gasteiger partial charge in [-0.1, -0.05) is 62.4 Å². The second-order valence-electron chi connectivity index (χ2n) is 7.74. The number of thiazole rings is 1. The fraction of sp³-hybridized carbons (Fsp3) is 0.304. The Hall–Kier alpha value is -2.50. The molecule has 0 saturated carbocycles. The van der Waals surface area contributed by atoms with Crippen LogP contribution in [0.25, 0.3) is 21.0 Å². The van der Waals surface area contributed by atoms with Crippen LogP contribution >= 0.6 is 11.3 Å². The van der Waals surface area contributed by atoms with Crippen molar-refractivity contribution >= 4 is 17.3 Å². The number of carboxylic acid groups (broad SMARTS) is 1. The Morgan fingerprint density at radius 2 is 1.93 bits per heavy atom. The van der Waals surface area contributed by atoms with Gasteiger partial charge in [0.05, 0.1) is 10.8 Å². The Labute approximate surface area is 169 Å². The number of hydrogen-bond acceptors (Lipinski definition) is 4. The number of hydrogen-bond donors (Lipinski definition) is 1. The lowest BCUT2D eigenvalue weighted by molar-refractivity contribution is -0.147. The summed E-state index contributed by atoms with van der Waals surface area (Å²) in [5.74, 6) is -0.385. The molecule has 0 amide bonds. The van der Waals surface area contributed by atoms with Crippen molar-refractivity contribution < 1.29 is 9.90 Å². The molecule has 5 heteroatoms. The van der Waals surface area contributed by atoms with Crippen molar-refractivity contribution in [1.29, 1.82) is 0 Å². The van der Waals surface area contributed by atoms with Gasteiger partial charge >= 0.3 is 5.97 Å². The molecule has 4 nitrogen and oxygen atoms in total. The zero-order valence-electron chi connectivity index (χ0n) is 16.1. The molecule has 0 aliphatic carbocycles. The minimum atomic E-state index is -0.690. The molecule has 1 aromatic heterocycles. The van der Waals surface area contributed by atoms with Crippen molar-refractivity contribution in [2.45, 2.75) is 26.3 Å². The molecule has 1 fully saturated rings. The largest absolute Gasteiger partial charge is 0.481 e. The van der Waals surface area contributed by atoms with Crippen molar-refractivity contribution in [3.63, 3.8) is 0 Å². The maximum atomic E-state index is 10.9. The van der Waals surface area contributed by atoms with Gasteiger partial charge in [0.25, 0.3) is 0 Å². The minimum absolute atomic E-state index is 0.206. The highest BCUT2D eigenvalue weighted by Crippen LogP contribution is 2.33. The first kappa shape index (κ1) is 18.8. The average Bonchev–Trinajstić information content (AvgIpc) is 3.15. The molecular formula is C23H24N2O2S. The lowest BCUT2D eigenvalue weighted by atomic mass is 9.99. The normalized spacial score (nSPS) is 15.0. The molecule has 0 radical (unpaired) electrons. The van der Waals surface area contributed by atoms with Crippen molar-refractivity contribution in [3.05, 3.63) is 65.9 Å². The van der Waals surface area contributed by atoms with Crippen LogP contribution < -0.4 is 0 Å². The third-order valence-electron chi connectivity index (χ3n) is 5.26. The van der Waals surface area contributed by atoms with Crippen LogP contribution in [0.3, 0.4) is 0 Å². The fourth-order valence-electron chi connectivity index (χ4n) is 3.46. The molecule has 0 bridgehead atoms. The summed E-state index contributed by atoms with van der Waals surface area (Å²) < 4.78 is 0. The van der Waals surface area contributed by atoms with E-state index in [1.165, 1.54) is 21.6 Å². The molecule has 3 aromatic rings. The van der Waals surface area contributed by atoms with Gasteiger partial charge in [-0.3, -0.25) is 9.69 Å². The molecule has 0 atom stereocenters. The Balaban J connectivity index is 1.44. The van der Waals surface area contributed by atoms with Crippen LogP contribution in [-0.4, -0.2) is 34.0 Å². The van der Waals surface area contributed by atoms with Crippen molar-refractivity contribution in [3.8, 4) is 21.0 Å². The highest BCUT2D eigenvalue weighted by Gasteiger charge is 2.32. The van der Waals surface area contributed by atoms with Gasteiger partial charge < -0.3 is 5.11 Å². The van der Waals surface area contributed by atoms with Crippen molar-refractivity contribution in [2.75, 3.05) is 13.1 Å². The SMILES string of the molecule is CC(C)c1cccc(-c2cnc(-c3ccc(CN4CC(C(=O)O)C4)cc3)s2)c1. The van der Waals surface area contributed by atoms with E-state index in [0.717, 1.165) is 17.1 Å². The predicted octanol–water partition coefficient (Wildman–Crippen LogP) is 5.12. The van der Waals surface area contributed by atoms with Crippen molar-refractivity contribution in [1.82, 2.24) is 9.88 Å². The number of carboxylic acids is 1. The van der Waals surface area contributed by atoms with Crippen LogP contribution in [0.15, 0.2) is 54.7 Å². The Kier molecular flexibility index (Phi) is 5.29. The summed E-state index contributed by atoms with van der Waals surface area (Å²) in [7, 11) is 0. The van der Waals surface area contributed by atoms with E-state index in [1.807, 2.05) is 6.20 Å². The first-order valence-electron chi connectivity index (χ1n) is 9.60. The molecule has 2 aromatic carbocycles. The first-order valence-corrected chi connectivity index (χ1v) is 10.4. The number of aromatic nitrogens is 1. The van der Waals surface area contributed by atoms with Crippen molar-refractivity contribution in [2.24, 2.45) is 5.92 Å². The Morgan fingerprint density at radius 1 is 1.18 bits per heavy atom. The number of aliphatic carboxylic acids is 1. The number of likely N-dealkylation sites (tertiary alicyclic amines) is 1. The number of carbonyl (C=O) groups is 1. The zero-order valence-corrected chi connectivity index (χ0v) is 16.9. The second kappa shape index (κ2) is 7.86. The summed E-state index contributed by atoms with van der Waals surface area (Å²) in [4.78, 5) is 18.9. The summed E-state index contributed by atoms with van der Waals surface area (Å²) in [5.41, 5.74) is 4.88. The van der Waals surface area contributed by atoms with Gasteiger partial charge in [0.1, 0.15) is 5.01 Å². The van der Waals surface area contributed by atoms with E-state index in [9.17, 15) is 4.79 Å². The van der Waals surface area contributed by atoms with Crippen LogP contribution in [0.5, 0.6) is 0 Å². The molecule has 1 N–H and O–H groups in total. The molecule has 1 aliphatic heterocycles. The standard InChI is InChI=1S/C23H24N2O2S/c1-15(2)18-4-3-5-19(10-18)21-11-24-22(28-21)17-8-6-16(7-9-17)12-25-13-20(14-25)23(26)27/h3-11,15,20H,12-14H2,1-2H3,(H,26,27). The quantitative estimate of drug-likeness (QED) is 0.633. The molecule has 1 saturated heterocycles. The molecule has 144 valence electrons. The monoisotopic (exact) mass is 392 g/mol. The van der Waals surface area contributed by atoms with Gasteiger partial charge in [0, 0.05) is 31.4 Å². The maximum absolute atomic E-state index is 10.9. The van der Waals surface area contributed by atoms with Gasteiger partial charge in [0.2, 0.25) is 0 Å². The van der Waals surface area contributed by atoms with E-state index in [4.69, 9.17) is 5.11 Å². The molecule has 0 unspecified atom stereocenters. The first-order chi connectivity index (χ1) is 13.5. The summed E-state index contributed by atoms with van der Waals surface area (Å²) in [5, 5.41) is 9.99. The summed E-state index contributed by atoms with van der Waals surface area (Å²) >= 11 is 1.71. The van der Waals surface area contributed by atoms with E-state index in [-0.39, 0.29) is 5.92 Å². The van der Waals surface area contributed by atoms with E-state index in [0.29, 0.717) is 19.0 Å². The van der Waals surface area contributed by atoms with Gasteiger partial charge in [0.15, 0.2) is 0 Å². The molecule has 28 heavy (non-hydrogen) atoms. The second-order valence-corrected chi connectivity index (χ2v) is 8.77. The minimum Gasteiger partial charge on any atom is -0.481 e. The molecule has 0 spiro atoms. The van der Waals surface area contributed by atoms with E-state index in [2.05, 4.69) is 72.3 Å². The highest BCUT2D eigenvalue weighted by atomic mass is 32.1. The van der Waals surface area contributed by atoms with Gasteiger partial charge in [-0.25, -0.2) is 4.98 Å². The number of nitrogens with zero attached hydrogens (tertiary/aromatic N) is 2. The molecular weight excluding hydrogens is 368 g/mol. The molecule has 1 aliphatic rings. The lowest BCUT2D eigenvalue weighted by Gasteiger charge is -2.36. The molecule has 2 heterocycles. The number of benzene rings is 2. The van der Waals surface area contributed by atoms with Gasteiger partial charge in [-0.05, 0) is 22.6 Å². The smallest absolute Gasteiger partial charge is 0.309 e. The predicted molar refractivity (Wildman–Crippen MR) is 113 cm³/mol. The van der Waals surface area contributed by atoms with Gasteiger partial charge in [-0.15, -0.1) is 11.3 Å². The van der Waals surface area contributed by atoms with Crippen LogP contribution in [0.2, 0.25) is 0 Å². The third kappa shape index (κ3) is 4.01. The van der Waals surface area contributed by atoms with E-state index in [1.54, 1.807) is 11.3 Å². The Morgan fingerprint density at radius 3 is 2.61 bits per heavy atom. The third-order valence-corrected chi connectivity index (χ3v) is 6.35. The zero-order chi connectivity index (χ0) is 19.7. The molecule has 4 rings (SSSR count).